The van der Waals surface area contributed by atoms with Crippen LogP contribution >= 0.6 is 0 Å². The average molecular weight is 257 g/mol. The van der Waals surface area contributed by atoms with Gasteiger partial charge in [0, 0.05) is 39.0 Å². The number of carbonyl (C=O) groups is 3. The van der Waals surface area contributed by atoms with E-state index in [1.165, 1.54) is 0 Å². The Balaban J connectivity index is 2.15. The number of hydrogen-bond acceptors (Lipinski definition) is 3. The van der Waals surface area contributed by atoms with Crippen LogP contribution in [0.1, 0.15) is 25.7 Å². The second-order valence-electron chi connectivity index (χ2n) is 4.17. The van der Waals surface area contributed by atoms with Crippen LogP contribution in [0.25, 0.3) is 0 Å². The van der Waals surface area contributed by atoms with E-state index in [-0.39, 0.29) is 18.4 Å². The molecule has 0 bridgehead atoms. The van der Waals surface area contributed by atoms with Crippen molar-refractivity contribution in [2.45, 2.75) is 25.7 Å². The number of carboxylic acid groups (broad SMARTS) is 1. The Hall–Kier alpha value is -1.79. The van der Waals surface area contributed by atoms with Gasteiger partial charge in [-0.3, -0.25) is 9.59 Å². The number of rotatable bonds is 5. The van der Waals surface area contributed by atoms with Gasteiger partial charge in [-0.05, 0) is 12.8 Å². The van der Waals surface area contributed by atoms with Gasteiger partial charge in [-0.1, -0.05) is 0 Å². The van der Waals surface area contributed by atoms with E-state index in [1.807, 2.05) is 0 Å². The number of carboxylic acids is 1. The molecule has 1 saturated heterocycles. The van der Waals surface area contributed by atoms with Crippen molar-refractivity contribution in [2.24, 2.45) is 0 Å². The summed E-state index contributed by atoms with van der Waals surface area (Å²) in [6.45, 7) is 1.87. The Morgan fingerprint density at radius 3 is 2.83 bits per heavy atom. The number of amides is 3. The zero-order valence-electron chi connectivity index (χ0n) is 10.3. The van der Waals surface area contributed by atoms with E-state index in [0.29, 0.717) is 45.4 Å². The lowest BCUT2D eigenvalue weighted by Gasteiger charge is -2.19. The Morgan fingerprint density at radius 1 is 1.33 bits per heavy atom. The highest BCUT2D eigenvalue weighted by molar-refractivity contribution is 5.79. The fraction of sp³-hybridized carbons (Fsp3) is 0.727. The average Bonchev–Trinajstić information content (AvgIpc) is 2.53. The molecule has 0 aromatic carbocycles. The molecule has 1 heterocycles. The number of urea groups is 1. The molecule has 7 nitrogen and oxygen atoms in total. The Labute approximate surface area is 106 Å². The molecule has 0 spiro atoms. The van der Waals surface area contributed by atoms with Gasteiger partial charge < -0.3 is 20.6 Å². The molecule has 7 heteroatoms. The van der Waals surface area contributed by atoms with Crippen LogP contribution in [0.15, 0.2) is 0 Å². The maximum absolute atomic E-state index is 11.7. The molecule has 1 rings (SSSR count). The second kappa shape index (κ2) is 7.52. The summed E-state index contributed by atoms with van der Waals surface area (Å²) in [5, 5.41) is 13.9. The summed E-state index contributed by atoms with van der Waals surface area (Å²) in [7, 11) is 0. The number of nitrogens with one attached hydrogen (secondary N) is 2. The maximum Gasteiger partial charge on any atom is 0.317 e. The fourth-order valence-corrected chi connectivity index (χ4v) is 1.68. The SMILES string of the molecule is O=C(O)CCCCNC(=O)N1CCNC(=O)CC1. The molecule has 0 unspecified atom stereocenters. The van der Waals surface area contributed by atoms with Gasteiger partial charge in [0.15, 0.2) is 0 Å². The van der Waals surface area contributed by atoms with Crippen LogP contribution in [-0.4, -0.2) is 54.1 Å². The van der Waals surface area contributed by atoms with E-state index in [1.54, 1.807) is 4.90 Å². The maximum atomic E-state index is 11.7. The molecule has 3 N–H and O–H groups in total. The van der Waals surface area contributed by atoms with Crippen molar-refractivity contribution in [1.29, 1.82) is 0 Å². The minimum absolute atomic E-state index is 0.0354. The number of hydrogen-bond donors (Lipinski definition) is 3. The molecule has 18 heavy (non-hydrogen) atoms. The lowest BCUT2D eigenvalue weighted by Crippen LogP contribution is -2.42. The van der Waals surface area contributed by atoms with Crippen molar-refractivity contribution in [1.82, 2.24) is 15.5 Å². The minimum atomic E-state index is -0.821. The van der Waals surface area contributed by atoms with Crippen LogP contribution in [0.5, 0.6) is 0 Å². The van der Waals surface area contributed by atoms with Crippen LogP contribution in [0, 0.1) is 0 Å². The summed E-state index contributed by atoms with van der Waals surface area (Å²) in [5.41, 5.74) is 0. The Bertz CT molecular complexity index is 319. The van der Waals surface area contributed by atoms with Gasteiger partial charge in [0.2, 0.25) is 5.91 Å². The van der Waals surface area contributed by atoms with Crippen molar-refractivity contribution in [3.63, 3.8) is 0 Å². The van der Waals surface area contributed by atoms with Crippen molar-refractivity contribution < 1.29 is 19.5 Å². The van der Waals surface area contributed by atoms with Crippen molar-refractivity contribution in [3.05, 3.63) is 0 Å². The van der Waals surface area contributed by atoms with Gasteiger partial charge in [-0.2, -0.15) is 0 Å². The smallest absolute Gasteiger partial charge is 0.317 e. The first-order valence-corrected chi connectivity index (χ1v) is 6.11. The number of aliphatic carboxylic acids is 1. The highest BCUT2D eigenvalue weighted by Gasteiger charge is 2.17. The lowest BCUT2D eigenvalue weighted by atomic mass is 10.2. The van der Waals surface area contributed by atoms with Gasteiger partial charge in [0.25, 0.3) is 0 Å². The molecule has 0 aromatic heterocycles. The summed E-state index contributed by atoms with van der Waals surface area (Å²) in [6, 6.07) is -0.193. The summed E-state index contributed by atoms with van der Waals surface area (Å²) in [5.74, 6) is -0.856. The monoisotopic (exact) mass is 257 g/mol. The quantitative estimate of drug-likeness (QED) is 0.592. The lowest BCUT2D eigenvalue weighted by molar-refractivity contribution is -0.137. The third kappa shape index (κ3) is 5.51. The first kappa shape index (κ1) is 14.3. The third-order valence-corrected chi connectivity index (χ3v) is 2.69. The molecule has 1 fully saturated rings. The first-order valence-electron chi connectivity index (χ1n) is 6.11. The Kier molecular flexibility index (Phi) is 5.96. The summed E-state index contributed by atoms with van der Waals surface area (Å²) >= 11 is 0. The summed E-state index contributed by atoms with van der Waals surface area (Å²) in [6.07, 6.45) is 1.64. The molecule has 0 saturated carbocycles. The summed E-state index contributed by atoms with van der Waals surface area (Å²) in [4.78, 5) is 34.7. The molecule has 0 radical (unpaired) electrons. The largest absolute Gasteiger partial charge is 0.481 e. The standard InChI is InChI=1S/C11H19N3O4/c15-9-4-7-14(8-6-12-9)11(18)13-5-2-1-3-10(16)17/h1-8H2,(H,12,15)(H,13,18)(H,16,17). The van der Waals surface area contributed by atoms with Crippen LogP contribution in [0.2, 0.25) is 0 Å². The van der Waals surface area contributed by atoms with Gasteiger partial charge in [-0.25, -0.2) is 4.79 Å². The molecule has 0 aromatic rings. The first-order chi connectivity index (χ1) is 8.59. The minimum Gasteiger partial charge on any atom is -0.481 e. The second-order valence-corrected chi connectivity index (χ2v) is 4.17. The summed E-state index contributed by atoms with van der Waals surface area (Å²) < 4.78 is 0. The molecule has 3 amide bonds. The molecule has 0 aliphatic carbocycles. The zero-order chi connectivity index (χ0) is 13.4. The molecule has 1 aliphatic rings. The van der Waals surface area contributed by atoms with Gasteiger partial charge in [0.05, 0.1) is 0 Å². The van der Waals surface area contributed by atoms with E-state index in [9.17, 15) is 14.4 Å². The topological polar surface area (TPSA) is 98.7 Å². The van der Waals surface area contributed by atoms with Crippen LogP contribution in [-0.2, 0) is 9.59 Å². The number of carbonyl (C=O) groups excluding carboxylic acids is 2. The van der Waals surface area contributed by atoms with E-state index in [4.69, 9.17) is 5.11 Å². The van der Waals surface area contributed by atoms with Crippen molar-refractivity contribution >= 4 is 17.9 Å². The predicted molar refractivity (Wildman–Crippen MR) is 64.1 cm³/mol. The van der Waals surface area contributed by atoms with Crippen LogP contribution in [0.3, 0.4) is 0 Å². The molecule has 1 aliphatic heterocycles. The normalized spacial score (nSPS) is 15.8. The highest BCUT2D eigenvalue weighted by atomic mass is 16.4. The van der Waals surface area contributed by atoms with E-state index < -0.39 is 5.97 Å². The van der Waals surface area contributed by atoms with Crippen LogP contribution in [0.4, 0.5) is 4.79 Å². The molecular formula is C11H19N3O4. The van der Waals surface area contributed by atoms with Crippen molar-refractivity contribution in [2.75, 3.05) is 26.2 Å². The Morgan fingerprint density at radius 2 is 2.11 bits per heavy atom. The van der Waals surface area contributed by atoms with Gasteiger partial charge >= 0.3 is 12.0 Å². The third-order valence-electron chi connectivity index (χ3n) is 2.69. The zero-order valence-corrected chi connectivity index (χ0v) is 10.3. The molecule has 0 atom stereocenters. The van der Waals surface area contributed by atoms with Gasteiger partial charge in [-0.15, -0.1) is 0 Å². The van der Waals surface area contributed by atoms with E-state index >= 15 is 0 Å². The van der Waals surface area contributed by atoms with Gasteiger partial charge in [0.1, 0.15) is 0 Å². The molecule has 102 valence electrons. The van der Waals surface area contributed by atoms with Crippen LogP contribution < -0.4 is 10.6 Å². The van der Waals surface area contributed by atoms with Crippen molar-refractivity contribution in [3.8, 4) is 0 Å². The molecular weight excluding hydrogens is 238 g/mol. The van der Waals surface area contributed by atoms with E-state index in [2.05, 4.69) is 10.6 Å². The number of nitrogens with zero attached hydrogens (tertiary/aromatic N) is 1. The number of unbranched alkanes of at least 4 members (excludes halogenated alkanes) is 1. The van der Waals surface area contributed by atoms with E-state index in [0.717, 1.165) is 0 Å². The highest BCUT2D eigenvalue weighted by Crippen LogP contribution is 1.98. The predicted octanol–water partition coefficient (Wildman–Crippen LogP) is -0.227. The fourth-order valence-electron chi connectivity index (χ4n) is 1.68.